The smallest absolute Gasteiger partial charge is 0.412 e. The van der Waals surface area contributed by atoms with Crippen molar-refractivity contribution < 1.29 is 88.5 Å². The number of nitrogens with zero attached hydrogens (tertiary/aromatic N) is 3. The summed E-state index contributed by atoms with van der Waals surface area (Å²) in [6, 6.07) is -0.833. The molecule has 0 bridgehead atoms. The first kappa shape index (κ1) is 84.8. The van der Waals surface area contributed by atoms with Crippen molar-refractivity contribution in [1.29, 1.82) is 0 Å². The molecule has 0 aromatic heterocycles. The van der Waals surface area contributed by atoms with E-state index in [2.05, 4.69) is 11.5 Å². The van der Waals surface area contributed by atoms with Gasteiger partial charge in [0.15, 0.2) is 0 Å². The third-order valence-electron chi connectivity index (χ3n) is 0. The number of primary amides is 2. The van der Waals surface area contributed by atoms with Gasteiger partial charge in [-0.1, -0.05) is 0 Å². The molecule has 0 aliphatic carbocycles. The fourth-order valence-corrected chi connectivity index (χ4v) is 0. The van der Waals surface area contributed by atoms with Crippen molar-refractivity contribution in [3.63, 3.8) is 0 Å². The van der Waals surface area contributed by atoms with Crippen molar-refractivity contribution >= 4 is 6.03 Å². The number of carbonyl (C=O) groups is 1. The van der Waals surface area contributed by atoms with Gasteiger partial charge in [-0.3, -0.25) is 0 Å². The van der Waals surface area contributed by atoms with Crippen molar-refractivity contribution in [2.24, 2.45) is 11.5 Å². The predicted molar refractivity (Wildman–Crippen MR) is 66.5 cm³/mol. The molecule has 2 amide bonds. The molecule has 22 heteroatoms. The van der Waals surface area contributed by atoms with Crippen molar-refractivity contribution in [3.05, 3.63) is 46.0 Å². The summed E-state index contributed by atoms with van der Waals surface area (Å²) >= 11 is 0. The molecule has 0 aromatic carbocycles. The third-order valence-corrected chi connectivity index (χ3v) is 0. The first-order valence-electron chi connectivity index (χ1n) is 2.42. The van der Waals surface area contributed by atoms with E-state index < -0.39 is 21.3 Å². The predicted octanol–water partition coefficient (Wildman–Crippen LogP) is -6.64. The zero-order valence-corrected chi connectivity index (χ0v) is 14.3. The van der Waals surface area contributed by atoms with Crippen LogP contribution in [0.4, 0.5) is 4.79 Å². The van der Waals surface area contributed by atoms with Crippen LogP contribution in [0.25, 0.3) is 0 Å². The van der Waals surface area contributed by atoms with E-state index in [-0.39, 0.29) is 68.5 Å². The third kappa shape index (κ3) is 1330. The molecule has 0 unspecified atom stereocenters. The van der Waals surface area contributed by atoms with Crippen LogP contribution in [-0.4, -0.2) is 54.1 Å². The minimum Gasteiger partial charge on any atom is -0.412 e. The van der Waals surface area contributed by atoms with E-state index in [1.807, 2.05) is 0 Å². The van der Waals surface area contributed by atoms with Crippen LogP contribution in [-0.2, 0) is 0 Å². The molecule has 23 heavy (non-hydrogen) atoms. The van der Waals surface area contributed by atoms with Gasteiger partial charge in [-0.15, -0.1) is 0 Å². The first-order chi connectivity index (χ1) is 6.93. The van der Waals surface area contributed by atoms with Gasteiger partial charge in [0.25, 0.3) is 0 Å². The standard InChI is InChI=1S/CH4N2O.La.3NO3.6H2O/c2-1(3)4;;3*2-1(3)4;;;;;;/h(H4,2,3,4);;;;;6*1H2/q;+3;3*-1;;;;;;. The zero-order chi connectivity index (χ0) is 14.3. The van der Waals surface area contributed by atoms with E-state index in [1.165, 1.54) is 0 Å². The molecule has 0 saturated heterocycles. The van der Waals surface area contributed by atoms with Crippen molar-refractivity contribution in [2.45, 2.75) is 0 Å². The van der Waals surface area contributed by atoms with Gasteiger partial charge in [0.05, 0.1) is 15.3 Å². The van der Waals surface area contributed by atoms with Crippen LogP contribution in [0.2, 0.25) is 0 Å². The van der Waals surface area contributed by atoms with Crippen LogP contribution in [0.1, 0.15) is 0 Å². The summed E-state index contributed by atoms with van der Waals surface area (Å²) < 4.78 is 0. The Morgan fingerprint density at radius 3 is 0.565 bits per heavy atom. The first-order valence-corrected chi connectivity index (χ1v) is 2.42. The Labute approximate surface area is 152 Å². The van der Waals surface area contributed by atoms with Gasteiger partial charge in [0, 0.05) is 0 Å². The molecule has 0 aliphatic rings. The Morgan fingerprint density at radius 1 is 0.565 bits per heavy atom. The van der Waals surface area contributed by atoms with Crippen LogP contribution < -0.4 is 11.5 Å². The van der Waals surface area contributed by atoms with Crippen LogP contribution >= 0.6 is 0 Å². The topological polar surface area (TPSA) is 457 Å². The summed E-state index contributed by atoms with van der Waals surface area (Å²) in [5.74, 6) is 0. The molecule has 0 spiro atoms. The molecule has 21 nitrogen and oxygen atoms in total. The number of hydrogen-bond donors (Lipinski definition) is 2. The molecule has 0 aromatic rings. The molecular formula is CH16LaN5O16. The molecule has 0 aliphatic heterocycles. The van der Waals surface area contributed by atoms with Gasteiger partial charge in [0.2, 0.25) is 0 Å². The molecule has 0 radical (unpaired) electrons. The summed E-state index contributed by atoms with van der Waals surface area (Å²) in [4.78, 5) is 33.8. The van der Waals surface area contributed by atoms with Crippen LogP contribution in [0.5, 0.6) is 0 Å². The van der Waals surface area contributed by atoms with Gasteiger partial charge in [-0.05, 0) is 0 Å². The second-order valence-corrected chi connectivity index (χ2v) is 1.07. The molecular weight excluding hydrogens is 477 g/mol. The van der Waals surface area contributed by atoms with Crippen LogP contribution in [0.3, 0.4) is 0 Å². The van der Waals surface area contributed by atoms with Crippen LogP contribution in [0.15, 0.2) is 0 Å². The van der Waals surface area contributed by atoms with Crippen molar-refractivity contribution in [1.82, 2.24) is 0 Å². The zero-order valence-electron chi connectivity index (χ0n) is 10.7. The van der Waals surface area contributed by atoms with Gasteiger partial charge in [0.1, 0.15) is 0 Å². The number of urea groups is 1. The largest absolute Gasteiger partial charge is 3.00 e. The monoisotopic (exact) mass is 493 g/mol. The normalized spacial score (nSPS) is 4.17. The Balaban J connectivity index is -0.00000000842. The van der Waals surface area contributed by atoms with Gasteiger partial charge in [-0.2, -0.15) is 0 Å². The van der Waals surface area contributed by atoms with Gasteiger partial charge >= 0.3 is 41.6 Å². The van der Waals surface area contributed by atoms with Gasteiger partial charge in [-0.25, -0.2) is 4.79 Å². The maximum absolute atomic E-state index is 9.00. The number of nitrogens with two attached hydrogens (primary N) is 2. The van der Waals surface area contributed by atoms with Crippen molar-refractivity contribution in [3.8, 4) is 0 Å². The number of rotatable bonds is 0. The van der Waals surface area contributed by atoms with E-state index in [4.69, 9.17) is 50.8 Å². The summed E-state index contributed by atoms with van der Waals surface area (Å²) in [6.45, 7) is 0. The molecule has 144 valence electrons. The van der Waals surface area contributed by atoms with E-state index in [0.29, 0.717) is 0 Å². The van der Waals surface area contributed by atoms with E-state index >= 15 is 0 Å². The minimum absolute atomic E-state index is 0. The Kier molecular flexibility index (Phi) is 268. The van der Waals surface area contributed by atoms with Crippen molar-refractivity contribution in [2.75, 3.05) is 0 Å². The Morgan fingerprint density at radius 2 is 0.565 bits per heavy atom. The van der Waals surface area contributed by atoms with Gasteiger partial charge < -0.3 is 90.3 Å². The SMILES string of the molecule is NC(N)=O.O.O.O.O.O.O.O=[N+]([O-])[O-].O=[N+]([O-])[O-].O=[N+]([O-])[O-].[La+3]. The summed E-state index contributed by atoms with van der Waals surface area (Å²) in [5.41, 5.74) is 8.50. The number of hydrogen-bond acceptors (Lipinski definition) is 10. The van der Waals surface area contributed by atoms with E-state index in [9.17, 15) is 0 Å². The molecule has 16 N–H and O–H groups in total. The summed E-state index contributed by atoms with van der Waals surface area (Å²) in [5, 5.41) is 44.2. The molecule has 0 fully saturated rings. The van der Waals surface area contributed by atoms with E-state index in [1.54, 1.807) is 0 Å². The van der Waals surface area contributed by atoms with E-state index in [0.717, 1.165) is 0 Å². The molecule has 0 atom stereocenters. The number of carbonyl (C=O) groups excluding carboxylic acids is 1. The molecule has 0 rings (SSSR count). The summed E-state index contributed by atoms with van der Waals surface area (Å²) in [7, 11) is 0. The second-order valence-electron chi connectivity index (χ2n) is 1.07. The second kappa shape index (κ2) is 72.8. The summed E-state index contributed by atoms with van der Waals surface area (Å²) in [6.07, 6.45) is 0. The fourth-order valence-electron chi connectivity index (χ4n) is 0. The Bertz CT molecular complexity index is 169. The minimum atomic E-state index is -1.75. The Hall–Kier alpha value is -2.18. The number of amides is 2. The average molecular weight is 493 g/mol. The maximum Gasteiger partial charge on any atom is 3.00 e. The molecule has 0 saturated carbocycles. The fraction of sp³-hybridized carbons (Fsp3) is 0. The maximum atomic E-state index is 9.00. The quantitative estimate of drug-likeness (QED) is 0.237. The molecule has 0 heterocycles. The average Bonchev–Trinajstić information content (AvgIpc) is 1.76. The van der Waals surface area contributed by atoms with Crippen LogP contribution in [0, 0.1) is 81.6 Å².